The molecule has 0 saturated heterocycles. The standard InChI is InChI=1S/C52H32N4.C46H28N4/c1-4-11-33(12-5-1)44-28-23-36-21-27-43-42-26-22-40(32-47(42)56-49(48(43)50(36)53-44)35-15-8-3-9-16-35)39-17-10-18-41(31-39)46-30-25-38-20-19-37-24-29-45(34-13-6-2-7-14-34)54-51(37)52(38)55-46;1-3-9-29(10-4-1)39-24-20-32-18-23-38-37-22-19-35(28-41(37)50-43(42(38)44(32)48-39)30-11-5-2-6-12-30)34-13-7-14-36(27-34)40-25-21-33-17-16-31-15-8-26-47-45(31)46(33)49-40/h1-32H;1-28H. The SMILES string of the molecule is c1ccc(-c2ccc3ccc4c5ccc(-c6cccc(-c7ccc8ccc9cccnc9c8n7)c6)cc5nc(-c5ccccc5)c4c3n2)cc1.c1ccc(-c2ccc3ccc4ccc(-c5cccc(-c6ccc7c(c6)nc(-c6ccccc6)c6c7ccc7ccc(-c8ccccc8)nc76)c5)nc4c3n2)cc1. The zero-order valence-corrected chi connectivity index (χ0v) is 57.2. The maximum absolute atomic E-state index is 5.43. The van der Waals surface area contributed by atoms with Gasteiger partial charge in [-0.15, -0.1) is 0 Å². The predicted molar refractivity (Wildman–Crippen MR) is 439 cm³/mol. The Bertz CT molecular complexity index is 7060. The molecular formula is C98H60N8. The first kappa shape index (κ1) is 61.5. The van der Waals surface area contributed by atoms with Crippen LogP contribution in [-0.4, -0.2) is 39.9 Å². The summed E-state index contributed by atoms with van der Waals surface area (Å²) in [4.78, 5) is 41.5. The lowest BCUT2D eigenvalue weighted by atomic mass is 9.95. The van der Waals surface area contributed by atoms with Gasteiger partial charge >= 0.3 is 0 Å². The minimum Gasteiger partial charge on any atom is -0.254 e. The Morgan fingerprint density at radius 1 is 0.160 bits per heavy atom. The number of hydrogen-bond donors (Lipinski definition) is 0. The summed E-state index contributed by atoms with van der Waals surface area (Å²) in [7, 11) is 0. The molecule has 0 spiro atoms. The van der Waals surface area contributed by atoms with E-state index in [1.54, 1.807) is 0 Å². The van der Waals surface area contributed by atoms with Crippen LogP contribution in [0, 0.1) is 0 Å². The van der Waals surface area contributed by atoms with Crippen LogP contribution in [-0.2, 0) is 0 Å². The highest BCUT2D eigenvalue weighted by Crippen LogP contribution is 2.43. The van der Waals surface area contributed by atoms with E-state index in [0.29, 0.717) is 0 Å². The highest BCUT2D eigenvalue weighted by atomic mass is 14.8. The fourth-order valence-electron chi connectivity index (χ4n) is 15.2. The normalized spacial score (nSPS) is 11.6. The number of aromatic nitrogens is 8. The third kappa shape index (κ3) is 11.1. The Morgan fingerprint density at radius 3 is 0.840 bits per heavy atom. The summed E-state index contributed by atoms with van der Waals surface area (Å²) in [6, 6.07) is 125. The summed E-state index contributed by atoms with van der Waals surface area (Å²) < 4.78 is 0. The van der Waals surface area contributed by atoms with Crippen molar-refractivity contribution in [1.29, 1.82) is 0 Å². The van der Waals surface area contributed by atoms with Gasteiger partial charge in [0.1, 0.15) is 0 Å². The molecule has 0 aliphatic rings. The molecule has 8 nitrogen and oxygen atoms in total. The second-order valence-corrected chi connectivity index (χ2v) is 26.9. The number of nitrogens with zero attached hydrogens (tertiary/aromatic N) is 8. The van der Waals surface area contributed by atoms with E-state index in [-0.39, 0.29) is 0 Å². The second kappa shape index (κ2) is 25.9. The van der Waals surface area contributed by atoms with Gasteiger partial charge in [0, 0.05) is 99.0 Å². The fourth-order valence-corrected chi connectivity index (χ4v) is 15.2. The zero-order valence-electron chi connectivity index (χ0n) is 57.2. The monoisotopic (exact) mass is 1350 g/mol. The molecule has 492 valence electrons. The lowest BCUT2D eigenvalue weighted by Gasteiger charge is -2.14. The minimum atomic E-state index is 0.899. The number of rotatable bonds is 9. The van der Waals surface area contributed by atoms with Crippen LogP contribution in [0.4, 0.5) is 0 Å². The van der Waals surface area contributed by atoms with Crippen molar-refractivity contribution in [3.8, 4) is 101 Å². The van der Waals surface area contributed by atoms with Gasteiger partial charge in [0.15, 0.2) is 0 Å². The molecule has 8 heterocycles. The van der Waals surface area contributed by atoms with Crippen molar-refractivity contribution in [2.75, 3.05) is 0 Å². The first-order chi connectivity index (χ1) is 52.5. The minimum absolute atomic E-state index is 0.899. The van der Waals surface area contributed by atoms with Crippen molar-refractivity contribution in [2.24, 2.45) is 0 Å². The summed E-state index contributed by atoms with van der Waals surface area (Å²) in [5.74, 6) is 0. The molecule has 13 aromatic carbocycles. The van der Waals surface area contributed by atoms with Gasteiger partial charge in [-0.1, -0.05) is 297 Å². The van der Waals surface area contributed by atoms with E-state index < -0.39 is 0 Å². The van der Waals surface area contributed by atoms with Crippen LogP contribution in [0.15, 0.2) is 364 Å². The van der Waals surface area contributed by atoms with E-state index in [0.717, 1.165) is 210 Å². The van der Waals surface area contributed by atoms with E-state index in [1.165, 1.54) is 0 Å². The van der Waals surface area contributed by atoms with E-state index in [1.807, 2.05) is 54.7 Å². The molecule has 0 bridgehead atoms. The smallest absolute Gasteiger partial charge is 0.0972 e. The van der Waals surface area contributed by atoms with Crippen LogP contribution in [0.5, 0.6) is 0 Å². The van der Waals surface area contributed by atoms with E-state index in [9.17, 15) is 0 Å². The van der Waals surface area contributed by atoms with Crippen molar-refractivity contribution >= 4 is 109 Å². The van der Waals surface area contributed by atoms with Crippen LogP contribution in [0.2, 0.25) is 0 Å². The summed E-state index contributed by atoms with van der Waals surface area (Å²) in [6.07, 6.45) is 1.83. The number of pyridine rings is 8. The molecule has 0 radical (unpaired) electrons. The molecule has 21 rings (SSSR count). The molecule has 0 aliphatic carbocycles. The van der Waals surface area contributed by atoms with E-state index >= 15 is 0 Å². The molecule has 0 aliphatic heterocycles. The first-order valence-electron chi connectivity index (χ1n) is 35.7. The molecule has 8 aromatic heterocycles. The van der Waals surface area contributed by atoms with Gasteiger partial charge in [-0.05, 0) is 93.7 Å². The molecule has 0 saturated carbocycles. The average molecular weight is 1350 g/mol. The van der Waals surface area contributed by atoms with Crippen LogP contribution >= 0.6 is 0 Å². The second-order valence-electron chi connectivity index (χ2n) is 26.9. The Morgan fingerprint density at radius 2 is 0.443 bits per heavy atom. The van der Waals surface area contributed by atoms with Crippen molar-refractivity contribution in [1.82, 2.24) is 39.9 Å². The molecule has 0 amide bonds. The van der Waals surface area contributed by atoms with Gasteiger partial charge in [0.2, 0.25) is 0 Å². The van der Waals surface area contributed by atoms with Crippen LogP contribution in [0.25, 0.3) is 210 Å². The molecule has 0 atom stereocenters. The largest absolute Gasteiger partial charge is 0.254 e. The molecule has 8 heteroatoms. The lowest BCUT2D eigenvalue weighted by molar-refractivity contribution is 1.36. The summed E-state index contributed by atoms with van der Waals surface area (Å²) in [5, 5.41) is 13.1. The quantitative estimate of drug-likeness (QED) is 0.132. The van der Waals surface area contributed by atoms with Crippen molar-refractivity contribution in [3.63, 3.8) is 0 Å². The van der Waals surface area contributed by atoms with Crippen LogP contribution in [0.3, 0.4) is 0 Å². The third-order valence-electron chi connectivity index (χ3n) is 20.5. The van der Waals surface area contributed by atoms with Gasteiger partial charge in [-0.25, -0.2) is 34.9 Å². The maximum atomic E-state index is 5.43. The number of benzene rings is 13. The maximum Gasteiger partial charge on any atom is 0.0972 e. The van der Waals surface area contributed by atoms with Gasteiger partial charge in [0.25, 0.3) is 0 Å². The number of hydrogen-bond acceptors (Lipinski definition) is 8. The molecule has 0 unspecified atom stereocenters. The van der Waals surface area contributed by atoms with Crippen molar-refractivity contribution < 1.29 is 0 Å². The summed E-state index contributed by atoms with van der Waals surface area (Å²) in [6.45, 7) is 0. The van der Waals surface area contributed by atoms with E-state index in [2.05, 4.69) is 314 Å². The van der Waals surface area contributed by atoms with Gasteiger partial charge in [-0.2, -0.15) is 0 Å². The van der Waals surface area contributed by atoms with Crippen molar-refractivity contribution in [2.45, 2.75) is 0 Å². The Balaban J connectivity index is 0.000000141. The lowest BCUT2D eigenvalue weighted by Crippen LogP contribution is -1.94. The van der Waals surface area contributed by atoms with Gasteiger partial charge < -0.3 is 0 Å². The first-order valence-corrected chi connectivity index (χ1v) is 35.7. The molecule has 106 heavy (non-hydrogen) atoms. The fraction of sp³-hybridized carbons (Fsp3) is 0. The highest BCUT2D eigenvalue weighted by Gasteiger charge is 2.20. The summed E-state index contributed by atoms with van der Waals surface area (Å²) in [5.41, 5.74) is 25.9. The topological polar surface area (TPSA) is 103 Å². The van der Waals surface area contributed by atoms with Crippen molar-refractivity contribution in [3.05, 3.63) is 364 Å². The average Bonchev–Trinajstić information content (AvgIpc) is 0.740. The molecule has 21 aromatic rings. The predicted octanol–water partition coefficient (Wildman–Crippen LogP) is 25.1. The molecular weight excluding hydrogens is 1290 g/mol. The Kier molecular flexibility index (Phi) is 15.0. The highest BCUT2D eigenvalue weighted by molar-refractivity contribution is 6.22. The van der Waals surface area contributed by atoms with E-state index in [4.69, 9.17) is 34.9 Å². The van der Waals surface area contributed by atoms with Gasteiger partial charge in [0.05, 0.1) is 84.0 Å². The Hall–Kier alpha value is -14.3. The molecule has 0 fully saturated rings. The summed E-state index contributed by atoms with van der Waals surface area (Å²) >= 11 is 0. The van der Waals surface area contributed by atoms with Crippen LogP contribution < -0.4 is 0 Å². The third-order valence-corrected chi connectivity index (χ3v) is 20.5. The molecule has 0 N–H and O–H groups in total. The number of fused-ring (bicyclic) bond motifs is 16. The van der Waals surface area contributed by atoms with Crippen LogP contribution in [0.1, 0.15) is 0 Å². The van der Waals surface area contributed by atoms with Gasteiger partial charge in [-0.3, -0.25) is 4.98 Å². The zero-order chi connectivity index (χ0) is 70.0. The Labute approximate surface area is 610 Å².